The van der Waals surface area contributed by atoms with Crippen LogP contribution in [-0.2, 0) is 11.2 Å². The molecular formula is C17H19NO2. The monoisotopic (exact) mass is 269 g/mol. The number of carbonyl (C=O) groups excluding carboxylic acids is 1. The normalized spacial score (nSPS) is 14.4. The van der Waals surface area contributed by atoms with Gasteiger partial charge in [0.05, 0.1) is 13.0 Å². The highest BCUT2D eigenvalue weighted by Gasteiger charge is 2.31. The summed E-state index contributed by atoms with van der Waals surface area (Å²) < 4.78 is 0. The maximum absolute atomic E-state index is 12.4. The zero-order valence-corrected chi connectivity index (χ0v) is 11.5. The van der Waals surface area contributed by atoms with Crippen LogP contribution in [0.3, 0.4) is 0 Å². The van der Waals surface area contributed by atoms with Crippen LogP contribution in [-0.4, -0.2) is 35.1 Å². The first-order valence-corrected chi connectivity index (χ1v) is 7.16. The average molecular weight is 269 g/mol. The van der Waals surface area contributed by atoms with E-state index in [2.05, 4.69) is 18.2 Å². The SMILES string of the molecule is O=C(Cc1cccc2ccccc12)N(CCO)C1CC1. The van der Waals surface area contributed by atoms with Gasteiger partial charge in [-0.05, 0) is 29.2 Å². The summed E-state index contributed by atoms with van der Waals surface area (Å²) >= 11 is 0. The molecule has 1 fully saturated rings. The molecule has 0 aliphatic heterocycles. The summed E-state index contributed by atoms with van der Waals surface area (Å²) in [5.41, 5.74) is 1.07. The van der Waals surface area contributed by atoms with Crippen molar-refractivity contribution in [2.75, 3.05) is 13.2 Å². The van der Waals surface area contributed by atoms with Crippen molar-refractivity contribution in [1.82, 2.24) is 4.90 Å². The smallest absolute Gasteiger partial charge is 0.227 e. The van der Waals surface area contributed by atoms with E-state index in [4.69, 9.17) is 5.11 Å². The lowest BCUT2D eigenvalue weighted by atomic mass is 10.0. The van der Waals surface area contributed by atoms with Crippen LogP contribution in [0.4, 0.5) is 0 Å². The molecule has 1 amide bonds. The molecule has 2 aromatic carbocycles. The number of hydrogen-bond acceptors (Lipinski definition) is 2. The van der Waals surface area contributed by atoms with E-state index >= 15 is 0 Å². The minimum atomic E-state index is 0.0395. The highest BCUT2D eigenvalue weighted by Crippen LogP contribution is 2.28. The van der Waals surface area contributed by atoms with Gasteiger partial charge in [0.15, 0.2) is 0 Å². The molecule has 2 aromatic rings. The molecule has 104 valence electrons. The molecule has 0 bridgehead atoms. The Kier molecular flexibility index (Phi) is 3.70. The first-order chi connectivity index (χ1) is 9.79. The lowest BCUT2D eigenvalue weighted by molar-refractivity contribution is -0.131. The molecule has 1 aliphatic rings. The summed E-state index contributed by atoms with van der Waals surface area (Å²) in [5.74, 6) is 0.123. The summed E-state index contributed by atoms with van der Waals surface area (Å²) in [6.45, 7) is 0.492. The molecule has 20 heavy (non-hydrogen) atoms. The summed E-state index contributed by atoms with van der Waals surface area (Å²) in [5, 5.41) is 11.4. The topological polar surface area (TPSA) is 40.5 Å². The molecule has 0 aromatic heterocycles. The van der Waals surface area contributed by atoms with Crippen molar-refractivity contribution in [1.29, 1.82) is 0 Å². The minimum absolute atomic E-state index is 0.0395. The molecule has 0 unspecified atom stereocenters. The van der Waals surface area contributed by atoms with Crippen molar-refractivity contribution in [3.63, 3.8) is 0 Å². The Morgan fingerprint density at radius 1 is 1.15 bits per heavy atom. The van der Waals surface area contributed by atoms with E-state index in [-0.39, 0.29) is 12.5 Å². The van der Waals surface area contributed by atoms with Gasteiger partial charge in [0, 0.05) is 12.6 Å². The van der Waals surface area contributed by atoms with Gasteiger partial charge in [-0.25, -0.2) is 0 Å². The van der Waals surface area contributed by atoms with Gasteiger partial charge in [-0.2, -0.15) is 0 Å². The van der Waals surface area contributed by atoms with Crippen LogP contribution in [0.1, 0.15) is 18.4 Å². The number of carbonyl (C=O) groups is 1. The lowest BCUT2D eigenvalue weighted by Crippen LogP contribution is -2.36. The molecule has 1 aliphatic carbocycles. The standard InChI is InChI=1S/C17H19NO2/c19-11-10-18(15-8-9-15)17(20)12-14-6-3-5-13-4-1-2-7-16(13)14/h1-7,15,19H,8-12H2. The zero-order valence-electron chi connectivity index (χ0n) is 11.5. The van der Waals surface area contributed by atoms with Gasteiger partial charge in [0.2, 0.25) is 5.91 Å². The second-order valence-electron chi connectivity index (χ2n) is 5.36. The third-order valence-corrected chi connectivity index (χ3v) is 3.87. The van der Waals surface area contributed by atoms with Crippen LogP contribution in [0.5, 0.6) is 0 Å². The number of aliphatic hydroxyl groups is 1. The largest absolute Gasteiger partial charge is 0.395 e. The van der Waals surface area contributed by atoms with E-state index in [1.54, 1.807) is 0 Å². The number of aliphatic hydroxyl groups excluding tert-OH is 1. The summed E-state index contributed by atoms with van der Waals surface area (Å²) in [4.78, 5) is 14.3. The fourth-order valence-corrected chi connectivity index (χ4v) is 2.72. The summed E-state index contributed by atoms with van der Waals surface area (Å²) in [6.07, 6.45) is 2.56. The number of hydrogen-bond donors (Lipinski definition) is 1. The molecule has 3 heteroatoms. The highest BCUT2D eigenvalue weighted by molar-refractivity contribution is 5.90. The van der Waals surface area contributed by atoms with Gasteiger partial charge in [-0.1, -0.05) is 42.5 Å². The molecule has 3 nitrogen and oxygen atoms in total. The van der Waals surface area contributed by atoms with Gasteiger partial charge in [0.1, 0.15) is 0 Å². The van der Waals surface area contributed by atoms with E-state index in [0.29, 0.717) is 19.0 Å². The van der Waals surface area contributed by atoms with Crippen molar-refractivity contribution in [2.24, 2.45) is 0 Å². The van der Waals surface area contributed by atoms with Crippen molar-refractivity contribution < 1.29 is 9.90 Å². The Labute approximate surface area is 118 Å². The van der Waals surface area contributed by atoms with E-state index in [1.807, 2.05) is 29.2 Å². The number of amides is 1. The fraction of sp³-hybridized carbons (Fsp3) is 0.353. The first-order valence-electron chi connectivity index (χ1n) is 7.16. The highest BCUT2D eigenvalue weighted by atomic mass is 16.3. The molecule has 0 saturated heterocycles. The molecular weight excluding hydrogens is 250 g/mol. The molecule has 1 saturated carbocycles. The first kappa shape index (κ1) is 13.1. The van der Waals surface area contributed by atoms with Crippen molar-refractivity contribution in [2.45, 2.75) is 25.3 Å². The van der Waals surface area contributed by atoms with Crippen LogP contribution in [0, 0.1) is 0 Å². The molecule has 0 radical (unpaired) electrons. The lowest BCUT2D eigenvalue weighted by Gasteiger charge is -2.21. The van der Waals surface area contributed by atoms with Gasteiger partial charge in [-0.3, -0.25) is 4.79 Å². The van der Waals surface area contributed by atoms with Gasteiger partial charge >= 0.3 is 0 Å². The average Bonchev–Trinajstić information content (AvgIpc) is 3.29. The van der Waals surface area contributed by atoms with E-state index in [1.165, 1.54) is 0 Å². The second-order valence-corrected chi connectivity index (χ2v) is 5.36. The zero-order chi connectivity index (χ0) is 13.9. The van der Waals surface area contributed by atoms with Crippen LogP contribution < -0.4 is 0 Å². The number of rotatable bonds is 5. The summed E-state index contributed by atoms with van der Waals surface area (Å²) in [6, 6.07) is 14.6. The Balaban J connectivity index is 1.83. The Morgan fingerprint density at radius 2 is 1.90 bits per heavy atom. The predicted octanol–water partition coefficient (Wildman–Crippen LogP) is 2.37. The van der Waals surface area contributed by atoms with Crippen LogP contribution in [0.25, 0.3) is 10.8 Å². The molecule has 0 heterocycles. The molecule has 0 spiro atoms. The molecule has 3 rings (SSSR count). The van der Waals surface area contributed by atoms with Gasteiger partial charge < -0.3 is 10.0 Å². The van der Waals surface area contributed by atoms with Gasteiger partial charge in [0.25, 0.3) is 0 Å². The van der Waals surface area contributed by atoms with Crippen LogP contribution in [0.2, 0.25) is 0 Å². The van der Waals surface area contributed by atoms with Crippen LogP contribution >= 0.6 is 0 Å². The number of nitrogens with zero attached hydrogens (tertiary/aromatic N) is 1. The molecule has 0 atom stereocenters. The van der Waals surface area contributed by atoms with E-state index in [9.17, 15) is 4.79 Å². The third-order valence-electron chi connectivity index (χ3n) is 3.87. The van der Waals surface area contributed by atoms with Gasteiger partial charge in [-0.15, -0.1) is 0 Å². The maximum atomic E-state index is 12.4. The van der Waals surface area contributed by atoms with Crippen molar-refractivity contribution in [3.8, 4) is 0 Å². The van der Waals surface area contributed by atoms with Crippen molar-refractivity contribution in [3.05, 3.63) is 48.0 Å². The number of fused-ring (bicyclic) bond motifs is 1. The second kappa shape index (κ2) is 5.63. The van der Waals surface area contributed by atoms with E-state index < -0.39 is 0 Å². The summed E-state index contributed by atoms with van der Waals surface area (Å²) in [7, 11) is 0. The fourth-order valence-electron chi connectivity index (χ4n) is 2.72. The number of benzene rings is 2. The predicted molar refractivity (Wildman–Crippen MR) is 79.5 cm³/mol. The third kappa shape index (κ3) is 2.68. The molecule has 1 N–H and O–H groups in total. The van der Waals surface area contributed by atoms with E-state index in [0.717, 1.165) is 29.2 Å². The van der Waals surface area contributed by atoms with Crippen LogP contribution in [0.15, 0.2) is 42.5 Å². The Hall–Kier alpha value is -1.87. The maximum Gasteiger partial charge on any atom is 0.227 e. The Bertz CT molecular complexity index is 614. The quantitative estimate of drug-likeness (QED) is 0.905. The minimum Gasteiger partial charge on any atom is -0.395 e. The Morgan fingerprint density at radius 3 is 2.65 bits per heavy atom. The van der Waals surface area contributed by atoms with Crippen molar-refractivity contribution >= 4 is 16.7 Å².